The minimum Gasteiger partial charge on any atom is -0.496 e. The third kappa shape index (κ3) is 4.80. The number of rotatable bonds is 7. The van der Waals surface area contributed by atoms with Gasteiger partial charge in [-0.3, -0.25) is 4.79 Å². The molecule has 2 heterocycles. The number of carbonyl (C=O) groups is 1. The Labute approximate surface area is 159 Å². The average Bonchev–Trinajstić information content (AvgIpc) is 3.21. The van der Waals surface area contributed by atoms with Crippen LogP contribution in [0.1, 0.15) is 28.9 Å². The maximum absolute atomic E-state index is 12.3. The molecule has 1 aromatic heterocycles. The smallest absolute Gasteiger partial charge is 0.274 e. The van der Waals surface area contributed by atoms with Crippen molar-refractivity contribution < 1.29 is 9.53 Å². The number of carbonyl (C=O) groups excluding carboxylic acids is 1. The van der Waals surface area contributed by atoms with Crippen molar-refractivity contribution in [3.05, 3.63) is 41.7 Å². The SMILES string of the molecule is COc1ccccc1CCN1CCC[C@@H](CN(C)C(=O)c2cnsn2)C1. The Morgan fingerprint density at radius 1 is 1.42 bits per heavy atom. The van der Waals surface area contributed by atoms with Gasteiger partial charge in [0.25, 0.3) is 5.91 Å². The predicted octanol–water partition coefficient (Wildman–Crippen LogP) is 2.57. The zero-order chi connectivity index (χ0) is 18.4. The number of para-hydroxylation sites is 1. The summed E-state index contributed by atoms with van der Waals surface area (Å²) >= 11 is 1.07. The summed E-state index contributed by atoms with van der Waals surface area (Å²) in [5.74, 6) is 1.43. The van der Waals surface area contributed by atoms with Crippen LogP contribution >= 0.6 is 11.7 Å². The van der Waals surface area contributed by atoms with E-state index in [4.69, 9.17) is 4.74 Å². The number of aromatic nitrogens is 2. The number of hydrogen-bond donors (Lipinski definition) is 0. The number of likely N-dealkylation sites (tertiary alicyclic amines) is 1. The topological polar surface area (TPSA) is 58.6 Å². The van der Waals surface area contributed by atoms with E-state index < -0.39 is 0 Å². The summed E-state index contributed by atoms with van der Waals surface area (Å²) in [5, 5.41) is 0. The molecule has 3 rings (SSSR count). The number of methoxy groups -OCH3 is 1. The van der Waals surface area contributed by atoms with Gasteiger partial charge in [-0.15, -0.1) is 0 Å². The fourth-order valence-corrected chi connectivity index (χ4v) is 4.02. The molecular formula is C19H26N4O2S. The van der Waals surface area contributed by atoms with E-state index in [0.29, 0.717) is 11.6 Å². The molecule has 140 valence electrons. The third-order valence-electron chi connectivity index (χ3n) is 4.95. The Morgan fingerprint density at radius 2 is 2.27 bits per heavy atom. The molecule has 1 aromatic carbocycles. The maximum Gasteiger partial charge on any atom is 0.274 e. The average molecular weight is 375 g/mol. The summed E-state index contributed by atoms with van der Waals surface area (Å²) in [4.78, 5) is 16.6. The summed E-state index contributed by atoms with van der Waals surface area (Å²) in [6.45, 7) is 3.94. The summed E-state index contributed by atoms with van der Waals surface area (Å²) < 4.78 is 13.4. The van der Waals surface area contributed by atoms with Crippen molar-refractivity contribution in [2.75, 3.05) is 40.3 Å². The summed E-state index contributed by atoms with van der Waals surface area (Å²) in [6, 6.07) is 8.21. The first-order valence-corrected chi connectivity index (χ1v) is 9.77. The van der Waals surface area contributed by atoms with Gasteiger partial charge in [0, 0.05) is 26.7 Å². The van der Waals surface area contributed by atoms with Gasteiger partial charge in [-0.1, -0.05) is 18.2 Å². The normalized spacial score (nSPS) is 17.8. The lowest BCUT2D eigenvalue weighted by Gasteiger charge is -2.34. The fraction of sp³-hybridized carbons (Fsp3) is 0.526. The zero-order valence-corrected chi connectivity index (χ0v) is 16.2. The van der Waals surface area contributed by atoms with Crippen LogP contribution in [-0.2, 0) is 6.42 Å². The van der Waals surface area contributed by atoms with Crippen molar-refractivity contribution in [2.24, 2.45) is 5.92 Å². The Morgan fingerprint density at radius 3 is 3.04 bits per heavy atom. The van der Waals surface area contributed by atoms with Crippen LogP contribution in [0.15, 0.2) is 30.5 Å². The van der Waals surface area contributed by atoms with Crippen LogP contribution in [0.5, 0.6) is 5.75 Å². The summed E-state index contributed by atoms with van der Waals surface area (Å²) in [5.41, 5.74) is 1.70. The van der Waals surface area contributed by atoms with E-state index in [1.807, 2.05) is 19.2 Å². The molecule has 0 N–H and O–H groups in total. The quantitative estimate of drug-likeness (QED) is 0.745. The van der Waals surface area contributed by atoms with Gasteiger partial charge in [-0.25, -0.2) is 0 Å². The molecule has 0 spiro atoms. The third-order valence-corrected chi connectivity index (χ3v) is 5.43. The van der Waals surface area contributed by atoms with E-state index in [1.165, 1.54) is 12.0 Å². The van der Waals surface area contributed by atoms with E-state index in [-0.39, 0.29) is 5.91 Å². The van der Waals surface area contributed by atoms with Crippen molar-refractivity contribution in [1.29, 1.82) is 0 Å². The van der Waals surface area contributed by atoms with Crippen LogP contribution in [0.3, 0.4) is 0 Å². The summed E-state index contributed by atoms with van der Waals surface area (Å²) in [6.07, 6.45) is 4.87. The molecular weight excluding hydrogens is 348 g/mol. The Kier molecular flexibility index (Phi) is 6.57. The zero-order valence-electron chi connectivity index (χ0n) is 15.4. The highest BCUT2D eigenvalue weighted by atomic mass is 32.1. The van der Waals surface area contributed by atoms with Crippen LogP contribution < -0.4 is 4.74 Å². The molecule has 7 heteroatoms. The standard InChI is InChI=1S/C19H26N4O2S/c1-22(19(24)17-12-20-26-21-17)13-15-6-5-10-23(14-15)11-9-16-7-3-4-8-18(16)25-2/h3-4,7-8,12,15H,5-6,9-11,13-14H2,1-2H3/t15-/m0/s1. The highest BCUT2D eigenvalue weighted by Crippen LogP contribution is 2.21. The van der Waals surface area contributed by atoms with E-state index in [9.17, 15) is 4.79 Å². The number of piperidine rings is 1. The van der Waals surface area contributed by atoms with Crippen LogP contribution in [0.25, 0.3) is 0 Å². The number of amides is 1. The molecule has 2 aromatic rings. The second-order valence-corrected chi connectivity index (χ2v) is 7.41. The molecule has 0 bridgehead atoms. The number of benzene rings is 1. The highest BCUT2D eigenvalue weighted by Gasteiger charge is 2.24. The highest BCUT2D eigenvalue weighted by molar-refractivity contribution is 6.99. The monoisotopic (exact) mass is 374 g/mol. The molecule has 6 nitrogen and oxygen atoms in total. The van der Waals surface area contributed by atoms with Crippen LogP contribution in [-0.4, -0.2) is 64.8 Å². The van der Waals surface area contributed by atoms with Gasteiger partial charge in [0.05, 0.1) is 25.0 Å². The van der Waals surface area contributed by atoms with Crippen molar-refractivity contribution in [3.8, 4) is 5.75 Å². The summed E-state index contributed by atoms with van der Waals surface area (Å²) in [7, 11) is 3.58. The molecule has 0 radical (unpaired) electrons. The van der Waals surface area contributed by atoms with E-state index in [1.54, 1.807) is 18.2 Å². The van der Waals surface area contributed by atoms with Crippen molar-refractivity contribution in [2.45, 2.75) is 19.3 Å². The predicted molar refractivity (Wildman–Crippen MR) is 103 cm³/mol. The van der Waals surface area contributed by atoms with Crippen LogP contribution in [0.2, 0.25) is 0 Å². The number of nitrogens with zero attached hydrogens (tertiary/aromatic N) is 4. The molecule has 1 fully saturated rings. The Balaban J connectivity index is 1.50. The van der Waals surface area contributed by atoms with Crippen molar-refractivity contribution >= 4 is 17.6 Å². The second-order valence-electron chi connectivity index (χ2n) is 6.85. The first-order chi connectivity index (χ1) is 12.7. The molecule has 1 aliphatic rings. The van der Waals surface area contributed by atoms with E-state index in [0.717, 1.165) is 56.5 Å². The van der Waals surface area contributed by atoms with Gasteiger partial charge in [0.2, 0.25) is 0 Å². The minimum absolute atomic E-state index is 0.0371. The van der Waals surface area contributed by atoms with Crippen molar-refractivity contribution in [3.63, 3.8) is 0 Å². The fourth-order valence-electron chi connectivity index (χ4n) is 3.62. The first-order valence-electron chi connectivity index (χ1n) is 9.04. The lowest BCUT2D eigenvalue weighted by atomic mass is 9.97. The van der Waals surface area contributed by atoms with E-state index in [2.05, 4.69) is 25.8 Å². The van der Waals surface area contributed by atoms with Crippen LogP contribution in [0, 0.1) is 5.92 Å². The van der Waals surface area contributed by atoms with Gasteiger partial charge in [0.1, 0.15) is 5.75 Å². The Hall–Kier alpha value is -1.99. The molecule has 1 atom stereocenters. The molecule has 26 heavy (non-hydrogen) atoms. The van der Waals surface area contributed by atoms with Gasteiger partial charge in [-0.05, 0) is 43.4 Å². The second kappa shape index (κ2) is 9.09. The molecule has 1 aliphatic heterocycles. The largest absolute Gasteiger partial charge is 0.496 e. The molecule has 0 aliphatic carbocycles. The molecule has 0 unspecified atom stereocenters. The molecule has 1 saturated heterocycles. The van der Waals surface area contributed by atoms with Gasteiger partial charge < -0.3 is 14.5 Å². The lowest BCUT2D eigenvalue weighted by molar-refractivity contribution is 0.0725. The number of ether oxygens (including phenoxy) is 1. The van der Waals surface area contributed by atoms with E-state index >= 15 is 0 Å². The van der Waals surface area contributed by atoms with Gasteiger partial charge in [-0.2, -0.15) is 8.75 Å². The molecule has 1 amide bonds. The number of hydrogen-bond acceptors (Lipinski definition) is 6. The minimum atomic E-state index is -0.0371. The maximum atomic E-state index is 12.3. The lowest BCUT2D eigenvalue weighted by Crippen LogP contribution is -2.42. The first kappa shape index (κ1) is 18.8. The van der Waals surface area contributed by atoms with Gasteiger partial charge in [0.15, 0.2) is 5.69 Å². The van der Waals surface area contributed by atoms with Crippen molar-refractivity contribution in [1.82, 2.24) is 18.5 Å². The molecule has 0 saturated carbocycles. The van der Waals surface area contributed by atoms with Crippen LogP contribution in [0.4, 0.5) is 0 Å². The Bertz CT molecular complexity index is 707. The van der Waals surface area contributed by atoms with Gasteiger partial charge >= 0.3 is 0 Å².